The Morgan fingerprint density at radius 3 is 2.67 bits per heavy atom. The molecule has 0 spiro atoms. The second-order valence-electron chi connectivity index (χ2n) is 7.71. The van der Waals surface area contributed by atoms with Gasteiger partial charge in [0.15, 0.2) is 0 Å². The topological polar surface area (TPSA) is 72.6 Å². The largest absolute Gasteiger partial charge is 0.497 e. The van der Waals surface area contributed by atoms with Crippen molar-refractivity contribution in [2.45, 2.75) is 38.1 Å². The lowest BCUT2D eigenvalue weighted by molar-refractivity contribution is -0.131. The minimum Gasteiger partial charge on any atom is -0.497 e. The normalized spacial score (nSPS) is 16.2. The van der Waals surface area contributed by atoms with Crippen molar-refractivity contribution in [3.63, 3.8) is 0 Å². The van der Waals surface area contributed by atoms with E-state index in [9.17, 15) is 9.59 Å². The van der Waals surface area contributed by atoms with Crippen LogP contribution in [0.25, 0.3) is 10.1 Å². The third-order valence-electron chi connectivity index (χ3n) is 5.85. The van der Waals surface area contributed by atoms with Crippen LogP contribution in [-0.2, 0) is 17.6 Å². The van der Waals surface area contributed by atoms with Gasteiger partial charge in [-0.3, -0.25) is 9.59 Å². The van der Waals surface area contributed by atoms with E-state index in [2.05, 4.69) is 0 Å². The van der Waals surface area contributed by atoms with Gasteiger partial charge in [-0.05, 0) is 60.4 Å². The molecule has 1 saturated heterocycles. The smallest absolute Gasteiger partial charge is 0.259 e. The van der Waals surface area contributed by atoms with Crippen molar-refractivity contribution in [2.24, 2.45) is 5.73 Å². The van der Waals surface area contributed by atoms with E-state index in [1.165, 1.54) is 11.3 Å². The van der Waals surface area contributed by atoms with E-state index in [4.69, 9.17) is 10.5 Å². The van der Waals surface area contributed by atoms with Crippen LogP contribution in [0.4, 0.5) is 0 Å². The number of nitrogens with two attached hydrogens (primary N) is 1. The monoisotopic (exact) mass is 422 g/mol. The predicted molar refractivity (Wildman–Crippen MR) is 120 cm³/mol. The second-order valence-corrected chi connectivity index (χ2v) is 8.76. The molecule has 2 amide bonds. The molecule has 5 nitrogen and oxygen atoms in total. The van der Waals surface area contributed by atoms with Crippen LogP contribution in [-0.4, -0.2) is 36.4 Å². The summed E-state index contributed by atoms with van der Waals surface area (Å²) in [7, 11) is 1.65. The van der Waals surface area contributed by atoms with Gasteiger partial charge in [-0.1, -0.05) is 30.3 Å². The van der Waals surface area contributed by atoms with E-state index in [1.54, 1.807) is 7.11 Å². The number of primary amides is 1. The van der Waals surface area contributed by atoms with Crippen molar-refractivity contribution >= 4 is 33.2 Å². The number of amides is 2. The van der Waals surface area contributed by atoms with Crippen molar-refractivity contribution < 1.29 is 14.3 Å². The molecule has 2 N–H and O–H groups in total. The van der Waals surface area contributed by atoms with E-state index in [1.807, 2.05) is 53.4 Å². The molecule has 1 aromatic heterocycles. The van der Waals surface area contributed by atoms with Crippen LogP contribution >= 0.6 is 11.3 Å². The molecule has 1 atom stereocenters. The van der Waals surface area contributed by atoms with E-state index in [0.29, 0.717) is 24.1 Å². The van der Waals surface area contributed by atoms with Crippen molar-refractivity contribution in [3.8, 4) is 5.75 Å². The number of rotatable bonds is 7. The van der Waals surface area contributed by atoms with Gasteiger partial charge < -0.3 is 15.4 Å². The molecular formula is C24H26N2O3S. The first-order valence-electron chi connectivity index (χ1n) is 10.3. The van der Waals surface area contributed by atoms with E-state index in [0.717, 1.165) is 46.3 Å². The molecule has 6 heteroatoms. The second kappa shape index (κ2) is 8.88. The summed E-state index contributed by atoms with van der Waals surface area (Å²) in [5.74, 6) is 0.605. The Hall–Kier alpha value is -2.86. The molecule has 1 aliphatic heterocycles. The number of hydrogen-bond acceptors (Lipinski definition) is 4. The Labute approximate surface area is 180 Å². The molecule has 0 bridgehead atoms. The number of methoxy groups -OCH3 is 1. The molecule has 4 rings (SSSR count). The first-order chi connectivity index (χ1) is 14.6. The van der Waals surface area contributed by atoms with Gasteiger partial charge in [-0.25, -0.2) is 0 Å². The summed E-state index contributed by atoms with van der Waals surface area (Å²) in [6.07, 6.45) is 3.82. The molecule has 3 aromatic rings. The Morgan fingerprint density at radius 1 is 1.17 bits per heavy atom. The van der Waals surface area contributed by atoms with Gasteiger partial charge in [-0.2, -0.15) is 0 Å². The number of likely N-dealkylation sites (tertiary alicyclic amines) is 1. The quantitative estimate of drug-likeness (QED) is 0.621. The molecule has 0 radical (unpaired) electrons. The van der Waals surface area contributed by atoms with Gasteiger partial charge >= 0.3 is 0 Å². The number of hydrogen-bond donors (Lipinski definition) is 1. The fraction of sp³-hybridized carbons (Fsp3) is 0.333. The Kier molecular flexibility index (Phi) is 6.04. The predicted octanol–water partition coefficient (Wildman–Crippen LogP) is 4.18. The summed E-state index contributed by atoms with van der Waals surface area (Å²) in [4.78, 5) is 27.6. The zero-order valence-corrected chi connectivity index (χ0v) is 17.9. The van der Waals surface area contributed by atoms with Crippen LogP contribution in [0.1, 0.15) is 40.1 Å². The van der Waals surface area contributed by atoms with E-state index < -0.39 is 0 Å². The zero-order valence-electron chi connectivity index (χ0n) is 17.1. The van der Waals surface area contributed by atoms with Gasteiger partial charge in [0.05, 0.1) is 12.0 Å². The summed E-state index contributed by atoms with van der Waals surface area (Å²) in [5.41, 5.74) is 7.78. The molecule has 0 saturated carbocycles. The first kappa shape index (κ1) is 20.4. The Bertz CT molecular complexity index is 1060. The van der Waals surface area contributed by atoms with E-state index >= 15 is 0 Å². The van der Waals surface area contributed by atoms with Crippen LogP contribution in [0.2, 0.25) is 0 Å². The van der Waals surface area contributed by atoms with Gasteiger partial charge in [-0.15, -0.1) is 11.3 Å². The number of aryl methyl sites for hydroxylation is 1. The fourth-order valence-electron chi connectivity index (χ4n) is 4.30. The molecule has 1 aliphatic rings. The van der Waals surface area contributed by atoms with Crippen LogP contribution in [0.3, 0.4) is 0 Å². The summed E-state index contributed by atoms with van der Waals surface area (Å²) in [6.45, 7) is 0.778. The van der Waals surface area contributed by atoms with Crippen molar-refractivity contribution in [1.82, 2.24) is 4.90 Å². The highest BCUT2D eigenvalue weighted by Gasteiger charge is 2.30. The third kappa shape index (κ3) is 4.19. The van der Waals surface area contributed by atoms with Crippen LogP contribution in [0.5, 0.6) is 5.75 Å². The highest BCUT2D eigenvalue weighted by molar-refractivity contribution is 7.21. The number of benzene rings is 2. The van der Waals surface area contributed by atoms with Crippen LogP contribution in [0.15, 0.2) is 48.5 Å². The van der Waals surface area contributed by atoms with Gasteiger partial charge in [0.1, 0.15) is 5.75 Å². The Morgan fingerprint density at radius 2 is 1.93 bits per heavy atom. The molecule has 2 heterocycles. The number of fused-ring (bicyclic) bond motifs is 1. The molecule has 1 fully saturated rings. The van der Waals surface area contributed by atoms with Gasteiger partial charge in [0, 0.05) is 23.7 Å². The number of carbonyl (C=O) groups is 2. The molecule has 156 valence electrons. The summed E-state index contributed by atoms with van der Waals surface area (Å²) in [6, 6.07) is 16.0. The summed E-state index contributed by atoms with van der Waals surface area (Å²) in [5, 5.41) is 1.08. The number of carbonyl (C=O) groups excluding carboxylic acids is 2. The Balaban J connectivity index is 1.47. The van der Waals surface area contributed by atoms with Crippen LogP contribution < -0.4 is 10.5 Å². The lowest BCUT2D eigenvalue weighted by Crippen LogP contribution is -2.37. The van der Waals surface area contributed by atoms with Crippen molar-refractivity contribution in [3.05, 3.63) is 64.5 Å². The number of ether oxygens (including phenoxy) is 1. The maximum atomic E-state index is 13.0. The minimum absolute atomic E-state index is 0.115. The van der Waals surface area contributed by atoms with E-state index in [-0.39, 0.29) is 17.9 Å². The molecule has 1 unspecified atom stereocenters. The van der Waals surface area contributed by atoms with Crippen molar-refractivity contribution in [1.29, 1.82) is 0 Å². The molecular weight excluding hydrogens is 396 g/mol. The maximum Gasteiger partial charge on any atom is 0.259 e. The first-order valence-corrected chi connectivity index (χ1v) is 11.1. The average molecular weight is 423 g/mol. The fourth-order valence-corrected chi connectivity index (χ4v) is 5.38. The maximum absolute atomic E-state index is 13.0. The van der Waals surface area contributed by atoms with Crippen LogP contribution in [0, 0.1) is 0 Å². The minimum atomic E-state index is -0.387. The SMILES string of the molecule is COc1ccc(CCC(=O)N2CCCC2Cc2c(C(N)=O)sc3ccccc23)cc1. The highest BCUT2D eigenvalue weighted by Crippen LogP contribution is 2.34. The zero-order chi connectivity index (χ0) is 21.1. The number of nitrogens with zero attached hydrogens (tertiary/aromatic N) is 1. The van der Waals surface area contributed by atoms with Crippen molar-refractivity contribution in [2.75, 3.05) is 13.7 Å². The number of thiophene rings is 1. The summed E-state index contributed by atoms with van der Waals surface area (Å²) < 4.78 is 6.26. The van der Waals surface area contributed by atoms with Gasteiger partial charge in [0.25, 0.3) is 5.91 Å². The van der Waals surface area contributed by atoms with Gasteiger partial charge in [0.2, 0.25) is 5.91 Å². The highest BCUT2D eigenvalue weighted by atomic mass is 32.1. The lowest BCUT2D eigenvalue weighted by atomic mass is 10.00. The molecule has 2 aromatic carbocycles. The third-order valence-corrected chi connectivity index (χ3v) is 7.07. The molecule has 30 heavy (non-hydrogen) atoms. The lowest BCUT2D eigenvalue weighted by Gasteiger charge is -2.25. The summed E-state index contributed by atoms with van der Waals surface area (Å²) >= 11 is 1.45. The standard InChI is InChI=1S/C24H26N2O3S/c1-29-18-11-8-16(9-12-18)10-13-22(27)26-14-4-5-17(26)15-20-19-6-2-3-7-21(19)30-23(20)24(25)28/h2-3,6-9,11-12,17H,4-5,10,13-15H2,1H3,(H2,25,28). The average Bonchev–Trinajstić information content (AvgIpc) is 3.38. The molecule has 0 aliphatic carbocycles.